The van der Waals surface area contributed by atoms with Crippen LogP contribution in [0.3, 0.4) is 0 Å². The molecule has 1 aromatic heterocycles. The molecule has 0 bridgehead atoms. The molecular formula is C26H34F3N3O4. The highest BCUT2D eigenvalue weighted by Gasteiger charge is 2.42. The largest absolute Gasteiger partial charge is 0.493 e. The van der Waals surface area contributed by atoms with Gasteiger partial charge >= 0.3 is 6.18 Å². The van der Waals surface area contributed by atoms with Crippen LogP contribution >= 0.6 is 0 Å². The number of H-pyrrole nitrogens is 1. The van der Waals surface area contributed by atoms with Crippen LogP contribution in [-0.2, 0) is 22.9 Å². The van der Waals surface area contributed by atoms with E-state index in [1.807, 2.05) is 6.92 Å². The number of alkyl halides is 3. The molecule has 2 aromatic rings. The number of hydrogen-bond donors (Lipinski definition) is 2. The molecule has 0 unspecified atom stereocenters. The smallest absolute Gasteiger partial charge is 0.416 e. The number of rotatable bonds is 8. The topological polar surface area (TPSA) is 88.8 Å². The van der Waals surface area contributed by atoms with E-state index in [9.17, 15) is 23.1 Å². The molecule has 198 valence electrons. The first-order valence-corrected chi connectivity index (χ1v) is 12.3. The fraction of sp³-hybridized carbons (Fsp3) is 0.615. The standard InChI is InChI=1S/C26H34F3N3O4/c1-16-21(25(4)9-10-25)31-32(15-18-6-5-12-35-18)22(16)30-23(33)19-14-17(26(27,28)29)7-8-20(19)36-13-11-24(2,3)34/h7-8,14,18,31,34H,5-6,9-13,15H2,1-4H3/b30-22+/t18-/m1/s1. The Bertz CT molecular complexity index is 1180. The van der Waals surface area contributed by atoms with E-state index in [2.05, 4.69) is 17.0 Å². The number of hydrogen-bond acceptors (Lipinski definition) is 4. The summed E-state index contributed by atoms with van der Waals surface area (Å²) >= 11 is 0. The molecule has 2 aliphatic rings. The van der Waals surface area contributed by atoms with Crippen LogP contribution in [0.2, 0.25) is 0 Å². The van der Waals surface area contributed by atoms with Crippen molar-refractivity contribution in [1.82, 2.24) is 9.78 Å². The number of carbonyl (C=O) groups excluding carboxylic acids is 1. The summed E-state index contributed by atoms with van der Waals surface area (Å²) < 4.78 is 53.5. The predicted octanol–water partition coefficient (Wildman–Crippen LogP) is 4.65. The van der Waals surface area contributed by atoms with Gasteiger partial charge in [-0.05, 0) is 64.7 Å². The van der Waals surface area contributed by atoms with E-state index >= 15 is 0 Å². The van der Waals surface area contributed by atoms with Crippen LogP contribution in [0.1, 0.15) is 80.1 Å². The van der Waals surface area contributed by atoms with Gasteiger partial charge in [-0.15, -0.1) is 0 Å². The molecular weight excluding hydrogens is 475 g/mol. The molecule has 1 aliphatic carbocycles. The molecule has 2 heterocycles. The Hall–Kier alpha value is -2.59. The number of ether oxygens (including phenoxy) is 2. The van der Waals surface area contributed by atoms with E-state index < -0.39 is 23.2 Å². The number of amides is 1. The van der Waals surface area contributed by atoms with Gasteiger partial charge < -0.3 is 19.7 Å². The minimum absolute atomic E-state index is 0.00533. The maximum Gasteiger partial charge on any atom is 0.416 e. The van der Waals surface area contributed by atoms with Crippen LogP contribution in [-0.4, -0.2) is 45.7 Å². The van der Waals surface area contributed by atoms with Crippen LogP contribution in [0.5, 0.6) is 5.75 Å². The van der Waals surface area contributed by atoms with Crippen LogP contribution < -0.4 is 10.2 Å². The number of halogens is 3. The highest BCUT2D eigenvalue weighted by Crippen LogP contribution is 2.47. The lowest BCUT2D eigenvalue weighted by atomic mass is 10.0. The summed E-state index contributed by atoms with van der Waals surface area (Å²) in [6, 6.07) is 2.79. The lowest BCUT2D eigenvalue weighted by Crippen LogP contribution is -2.27. The van der Waals surface area contributed by atoms with Crippen molar-refractivity contribution < 1.29 is 32.5 Å². The summed E-state index contributed by atoms with van der Waals surface area (Å²) in [7, 11) is 0. The van der Waals surface area contributed by atoms with Crippen LogP contribution in [0.25, 0.3) is 0 Å². The normalized spacial score (nSPS) is 20.1. The zero-order valence-corrected chi connectivity index (χ0v) is 21.2. The van der Waals surface area contributed by atoms with E-state index in [1.54, 1.807) is 18.5 Å². The minimum atomic E-state index is -4.63. The number of nitrogens with one attached hydrogen (secondary N) is 1. The summed E-state index contributed by atoms with van der Waals surface area (Å²) in [5.41, 5.74) is -0.106. The monoisotopic (exact) mass is 509 g/mol. The van der Waals surface area contributed by atoms with Crippen molar-refractivity contribution >= 4 is 5.91 Å². The molecule has 0 spiro atoms. The van der Waals surface area contributed by atoms with Crippen molar-refractivity contribution in [3.8, 4) is 5.75 Å². The molecule has 0 radical (unpaired) electrons. The number of aliphatic hydroxyl groups is 1. The van der Waals surface area contributed by atoms with Crippen LogP contribution in [0.4, 0.5) is 13.2 Å². The van der Waals surface area contributed by atoms with Gasteiger partial charge in [0.05, 0.1) is 36.0 Å². The molecule has 1 saturated heterocycles. The number of aromatic nitrogens is 2. The molecule has 36 heavy (non-hydrogen) atoms. The molecule has 7 nitrogen and oxygen atoms in total. The van der Waals surface area contributed by atoms with Gasteiger partial charge in [0.15, 0.2) is 5.49 Å². The number of carbonyl (C=O) groups is 1. The summed E-state index contributed by atoms with van der Waals surface area (Å²) in [6.45, 7) is 8.39. The first-order valence-electron chi connectivity index (χ1n) is 12.3. The minimum Gasteiger partial charge on any atom is -0.493 e. The first kappa shape index (κ1) is 26.5. The Kier molecular flexibility index (Phi) is 7.13. The van der Waals surface area contributed by atoms with Gasteiger partial charge in [-0.2, -0.15) is 18.2 Å². The van der Waals surface area contributed by atoms with Crippen molar-refractivity contribution in [1.29, 1.82) is 0 Å². The lowest BCUT2D eigenvalue weighted by Gasteiger charge is -2.18. The Morgan fingerprint density at radius 3 is 2.64 bits per heavy atom. The van der Waals surface area contributed by atoms with Gasteiger partial charge in [-0.3, -0.25) is 9.48 Å². The second kappa shape index (κ2) is 9.70. The first-order chi connectivity index (χ1) is 16.8. The molecule has 1 saturated carbocycles. The third-order valence-electron chi connectivity index (χ3n) is 6.94. The average molecular weight is 510 g/mol. The van der Waals surface area contributed by atoms with Crippen molar-refractivity contribution in [2.45, 2.75) is 89.6 Å². The summed E-state index contributed by atoms with van der Waals surface area (Å²) in [4.78, 5) is 17.7. The van der Waals surface area contributed by atoms with Gasteiger partial charge in [0.1, 0.15) is 5.75 Å². The quantitative estimate of drug-likeness (QED) is 0.542. The second-order valence-electron chi connectivity index (χ2n) is 10.8. The summed E-state index contributed by atoms with van der Waals surface area (Å²) in [5.74, 6) is -0.829. The summed E-state index contributed by atoms with van der Waals surface area (Å²) in [6.07, 6.45) is -0.555. The fourth-order valence-corrected chi connectivity index (χ4v) is 4.45. The molecule has 1 aromatic carbocycles. The fourth-order valence-electron chi connectivity index (χ4n) is 4.45. The van der Waals surface area contributed by atoms with E-state index in [-0.39, 0.29) is 35.9 Å². The Morgan fingerprint density at radius 2 is 2.06 bits per heavy atom. The van der Waals surface area contributed by atoms with E-state index in [1.165, 1.54) is 0 Å². The van der Waals surface area contributed by atoms with Crippen LogP contribution in [0.15, 0.2) is 23.2 Å². The summed E-state index contributed by atoms with van der Waals surface area (Å²) in [5, 5.41) is 13.3. The third-order valence-corrected chi connectivity index (χ3v) is 6.94. The number of benzene rings is 1. The maximum atomic E-state index is 13.5. The highest BCUT2D eigenvalue weighted by molar-refractivity contribution is 5.97. The van der Waals surface area contributed by atoms with Crippen molar-refractivity contribution in [2.75, 3.05) is 13.2 Å². The average Bonchev–Trinajstić information content (AvgIpc) is 3.17. The number of nitrogens with zero attached hydrogens (tertiary/aromatic N) is 2. The molecule has 1 aliphatic heterocycles. The van der Waals surface area contributed by atoms with E-state index in [0.717, 1.165) is 55.1 Å². The van der Waals surface area contributed by atoms with Gasteiger partial charge in [0, 0.05) is 29.7 Å². The zero-order valence-electron chi connectivity index (χ0n) is 21.2. The second-order valence-corrected chi connectivity index (χ2v) is 10.8. The molecule has 1 amide bonds. The zero-order chi connectivity index (χ0) is 26.3. The van der Waals surface area contributed by atoms with Gasteiger partial charge in [-0.25, -0.2) is 0 Å². The number of aromatic amines is 1. The van der Waals surface area contributed by atoms with Gasteiger partial charge in [-0.1, -0.05) is 6.92 Å². The van der Waals surface area contributed by atoms with Crippen molar-refractivity contribution in [2.24, 2.45) is 4.99 Å². The van der Waals surface area contributed by atoms with Gasteiger partial charge in [0.2, 0.25) is 0 Å². The highest BCUT2D eigenvalue weighted by atomic mass is 19.4. The molecule has 2 fully saturated rings. The molecule has 4 rings (SSSR count). The van der Waals surface area contributed by atoms with E-state index in [4.69, 9.17) is 9.47 Å². The van der Waals surface area contributed by atoms with E-state index in [0.29, 0.717) is 18.6 Å². The van der Waals surface area contributed by atoms with Crippen molar-refractivity contribution in [3.63, 3.8) is 0 Å². The molecule has 1 atom stereocenters. The predicted molar refractivity (Wildman–Crippen MR) is 127 cm³/mol. The van der Waals surface area contributed by atoms with Crippen molar-refractivity contribution in [3.05, 3.63) is 46.1 Å². The third kappa shape index (κ3) is 6.03. The SMILES string of the molecule is Cc1c(C2(C)CC2)[nH]n(C[C@H]2CCCO2)/c1=N/C(=O)c1cc(C(F)(F)F)ccc1OCCC(C)(C)O. The Morgan fingerprint density at radius 1 is 1.33 bits per heavy atom. The van der Waals surface area contributed by atoms with Crippen LogP contribution in [0, 0.1) is 6.92 Å². The lowest BCUT2D eigenvalue weighted by molar-refractivity contribution is -0.137. The Labute approximate surface area is 208 Å². The maximum absolute atomic E-state index is 13.5. The molecule has 2 N–H and O–H groups in total. The van der Waals surface area contributed by atoms with Gasteiger partial charge in [0.25, 0.3) is 5.91 Å². The molecule has 10 heteroatoms. The Balaban J connectivity index is 1.74.